The Morgan fingerprint density at radius 2 is 1.55 bits per heavy atom. The highest BCUT2D eigenvalue weighted by Gasteiger charge is 2.15. The van der Waals surface area contributed by atoms with Crippen molar-refractivity contribution >= 4 is 17.4 Å². The first-order valence-corrected chi connectivity index (χ1v) is 10.7. The van der Waals surface area contributed by atoms with Crippen molar-refractivity contribution in [2.75, 3.05) is 26.2 Å². The minimum absolute atomic E-state index is 0.0841. The molecule has 1 aliphatic rings. The minimum Gasteiger partial charge on any atom is -0.492 e. The molecule has 0 bridgehead atoms. The van der Waals surface area contributed by atoms with E-state index in [-0.39, 0.29) is 11.6 Å². The zero-order valence-corrected chi connectivity index (χ0v) is 17.5. The summed E-state index contributed by atoms with van der Waals surface area (Å²) in [4.78, 5) is 15.7. The van der Waals surface area contributed by atoms with E-state index in [0.717, 1.165) is 36.5 Å². The Hall–Kier alpha value is -3.24. The maximum absolute atomic E-state index is 13.3. The molecular formula is C27H26FNO2. The number of carbonyl (C=O) groups excluding carboxylic acids is 1. The summed E-state index contributed by atoms with van der Waals surface area (Å²) >= 11 is 0. The Morgan fingerprint density at radius 1 is 0.871 bits per heavy atom. The number of ketones is 1. The largest absolute Gasteiger partial charge is 0.492 e. The van der Waals surface area contributed by atoms with Gasteiger partial charge < -0.3 is 4.74 Å². The van der Waals surface area contributed by atoms with Gasteiger partial charge >= 0.3 is 0 Å². The fraction of sp³-hybridized carbons (Fsp3) is 0.222. The molecule has 3 aromatic carbocycles. The molecule has 4 rings (SSSR count). The standard InChI is InChI=1S/C27H26FNO2/c28-24-12-8-21(9-13-24)20-26(22-6-2-1-3-7-22)27(30)23-10-14-25(15-11-23)31-19-18-29-16-4-5-17-29/h1-3,6-15,20H,4-5,16-19H2/b26-20+. The lowest BCUT2D eigenvalue weighted by Gasteiger charge is -2.15. The van der Waals surface area contributed by atoms with E-state index in [1.54, 1.807) is 30.3 Å². The highest BCUT2D eigenvalue weighted by atomic mass is 19.1. The van der Waals surface area contributed by atoms with E-state index in [1.807, 2.05) is 42.5 Å². The minimum atomic E-state index is -0.301. The molecule has 0 atom stereocenters. The topological polar surface area (TPSA) is 29.5 Å². The van der Waals surface area contributed by atoms with Crippen LogP contribution >= 0.6 is 0 Å². The summed E-state index contributed by atoms with van der Waals surface area (Å²) < 4.78 is 19.1. The Balaban J connectivity index is 1.50. The van der Waals surface area contributed by atoms with Gasteiger partial charge in [0.25, 0.3) is 0 Å². The smallest absolute Gasteiger partial charge is 0.193 e. The molecule has 0 saturated carbocycles. The van der Waals surface area contributed by atoms with Crippen LogP contribution in [0.15, 0.2) is 78.9 Å². The zero-order valence-electron chi connectivity index (χ0n) is 17.5. The summed E-state index contributed by atoms with van der Waals surface area (Å²) in [6.45, 7) is 3.88. The maximum Gasteiger partial charge on any atom is 0.193 e. The third-order valence-corrected chi connectivity index (χ3v) is 5.50. The van der Waals surface area contributed by atoms with Crippen molar-refractivity contribution in [3.8, 4) is 5.75 Å². The number of Topliss-reactive ketones (excluding diaryl/α,β-unsaturated/α-hetero) is 1. The van der Waals surface area contributed by atoms with E-state index in [1.165, 1.54) is 25.0 Å². The normalized spacial score (nSPS) is 14.5. The van der Waals surface area contributed by atoms with E-state index in [9.17, 15) is 9.18 Å². The van der Waals surface area contributed by atoms with Crippen LogP contribution in [0, 0.1) is 5.82 Å². The lowest BCUT2D eigenvalue weighted by Crippen LogP contribution is -2.25. The van der Waals surface area contributed by atoms with E-state index < -0.39 is 0 Å². The summed E-state index contributed by atoms with van der Waals surface area (Å²) in [5.41, 5.74) is 2.75. The van der Waals surface area contributed by atoms with Crippen molar-refractivity contribution in [1.82, 2.24) is 4.90 Å². The number of carbonyl (C=O) groups is 1. The zero-order chi connectivity index (χ0) is 21.5. The second-order valence-corrected chi connectivity index (χ2v) is 7.73. The van der Waals surface area contributed by atoms with Gasteiger partial charge in [0.15, 0.2) is 5.78 Å². The van der Waals surface area contributed by atoms with Gasteiger partial charge in [-0.1, -0.05) is 42.5 Å². The summed E-state index contributed by atoms with van der Waals surface area (Å²) in [7, 11) is 0. The highest BCUT2D eigenvalue weighted by Crippen LogP contribution is 2.24. The van der Waals surface area contributed by atoms with Crippen LogP contribution in [0.4, 0.5) is 4.39 Å². The van der Waals surface area contributed by atoms with E-state index in [2.05, 4.69) is 4.90 Å². The van der Waals surface area contributed by atoms with Gasteiger partial charge in [-0.25, -0.2) is 4.39 Å². The molecule has 0 aliphatic carbocycles. The lowest BCUT2D eigenvalue weighted by molar-refractivity contribution is 0.105. The second-order valence-electron chi connectivity index (χ2n) is 7.73. The van der Waals surface area contributed by atoms with Crippen LogP contribution in [0.1, 0.15) is 34.3 Å². The first kappa shape index (κ1) is 21.0. The van der Waals surface area contributed by atoms with Crippen molar-refractivity contribution < 1.29 is 13.9 Å². The van der Waals surface area contributed by atoms with Gasteiger partial charge in [-0.05, 0) is 79.5 Å². The number of benzene rings is 3. The van der Waals surface area contributed by atoms with Crippen LogP contribution in [0.5, 0.6) is 5.75 Å². The summed E-state index contributed by atoms with van der Waals surface area (Å²) in [6, 6.07) is 23.0. The molecule has 0 amide bonds. The fourth-order valence-electron chi connectivity index (χ4n) is 3.78. The number of hydrogen-bond acceptors (Lipinski definition) is 3. The Morgan fingerprint density at radius 3 is 2.23 bits per heavy atom. The molecule has 0 N–H and O–H groups in total. The molecule has 1 heterocycles. The van der Waals surface area contributed by atoms with Crippen LogP contribution in [0.25, 0.3) is 11.6 Å². The number of likely N-dealkylation sites (tertiary alicyclic amines) is 1. The first-order chi connectivity index (χ1) is 15.2. The van der Waals surface area contributed by atoms with Gasteiger partial charge in [-0.3, -0.25) is 9.69 Å². The summed E-state index contributed by atoms with van der Waals surface area (Å²) in [5, 5.41) is 0. The van der Waals surface area contributed by atoms with E-state index >= 15 is 0 Å². The molecule has 31 heavy (non-hydrogen) atoms. The molecule has 158 valence electrons. The number of ether oxygens (including phenoxy) is 1. The molecule has 4 heteroatoms. The summed E-state index contributed by atoms with van der Waals surface area (Å²) in [5.74, 6) is 0.378. The van der Waals surface area contributed by atoms with Crippen molar-refractivity contribution in [3.05, 3.63) is 101 Å². The number of halogens is 1. The Labute approximate surface area is 182 Å². The third-order valence-electron chi connectivity index (χ3n) is 5.50. The molecule has 3 nitrogen and oxygen atoms in total. The quantitative estimate of drug-likeness (QED) is 0.268. The molecule has 0 spiro atoms. The van der Waals surface area contributed by atoms with Gasteiger partial charge in [-0.15, -0.1) is 0 Å². The lowest BCUT2D eigenvalue weighted by atomic mass is 9.94. The Kier molecular flexibility index (Phi) is 6.90. The number of rotatable bonds is 8. The van der Waals surface area contributed by atoms with Crippen LogP contribution in [-0.2, 0) is 0 Å². The number of nitrogens with zero attached hydrogens (tertiary/aromatic N) is 1. The van der Waals surface area contributed by atoms with Gasteiger partial charge in [0.1, 0.15) is 18.2 Å². The number of hydrogen-bond donors (Lipinski definition) is 0. The van der Waals surface area contributed by atoms with Gasteiger partial charge in [0.05, 0.1) is 0 Å². The van der Waals surface area contributed by atoms with Gasteiger partial charge in [0, 0.05) is 17.7 Å². The molecule has 1 saturated heterocycles. The molecule has 1 aliphatic heterocycles. The van der Waals surface area contributed by atoms with Crippen LogP contribution in [0.3, 0.4) is 0 Å². The SMILES string of the molecule is O=C(/C(=C/c1ccc(F)cc1)c1ccccc1)c1ccc(OCCN2CCCC2)cc1. The molecular weight excluding hydrogens is 389 g/mol. The van der Waals surface area contributed by atoms with Crippen molar-refractivity contribution in [1.29, 1.82) is 0 Å². The van der Waals surface area contributed by atoms with Gasteiger partial charge in [-0.2, -0.15) is 0 Å². The van der Waals surface area contributed by atoms with Gasteiger partial charge in [0.2, 0.25) is 0 Å². The summed E-state index contributed by atoms with van der Waals surface area (Å²) in [6.07, 6.45) is 4.34. The third kappa shape index (κ3) is 5.68. The fourth-order valence-corrected chi connectivity index (χ4v) is 3.78. The molecule has 0 unspecified atom stereocenters. The monoisotopic (exact) mass is 415 g/mol. The molecule has 0 aromatic heterocycles. The van der Waals surface area contributed by atoms with Crippen molar-refractivity contribution in [2.45, 2.75) is 12.8 Å². The van der Waals surface area contributed by atoms with Crippen LogP contribution in [0.2, 0.25) is 0 Å². The molecule has 3 aromatic rings. The van der Waals surface area contributed by atoms with Crippen molar-refractivity contribution in [2.24, 2.45) is 0 Å². The van der Waals surface area contributed by atoms with E-state index in [0.29, 0.717) is 17.7 Å². The predicted molar refractivity (Wildman–Crippen MR) is 123 cm³/mol. The average Bonchev–Trinajstić information content (AvgIpc) is 3.33. The molecule has 0 radical (unpaired) electrons. The van der Waals surface area contributed by atoms with Crippen LogP contribution < -0.4 is 4.74 Å². The van der Waals surface area contributed by atoms with E-state index in [4.69, 9.17) is 4.74 Å². The Bertz CT molecular complexity index is 1020. The van der Waals surface area contributed by atoms with Crippen LogP contribution in [-0.4, -0.2) is 36.9 Å². The van der Waals surface area contributed by atoms with Crippen molar-refractivity contribution in [3.63, 3.8) is 0 Å². The first-order valence-electron chi connectivity index (χ1n) is 10.7. The maximum atomic E-state index is 13.3. The number of allylic oxidation sites excluding steroid dienone is 1. The highest BCUT2D eigenvalue weighted by molar-refractivity contribution is 6.32. The predicted octanol–water partition coefficient (Wildman–Crippen LogP) is 5.72. The molecule has 1 fully saturated rings. The average molecular weight is 416 g/mol. The second kappa shape index (κ2) is 10.2.